The van der Waals surface area contributed by atoms with Gasteiger partial charge in [-0.05, 0) is 32.9 Å². The van der Waals surface area contributed by atoms with Crippen LogP contribution in [0.3, 0.4) is 0 Å². The van der Waals surface area contributed by atoms with Gasteiger partial charge in [0, 0.05) is 24.8 Å². The van der Waals surface area contributed by atoms with E-state index in [0.717, 1.165) is 6.07 Å². The number of phenolic OH excluding ortho intramolecular Hbond substituents is 1. The van der Waals surface area contributed by atoms with Gasteiger partial charge in [-0.1, -0.05) is 0 Å². The molecule has 120 valence electrons. The van der Waals surface area contributed by atoms with Crippen LogP contribution in [0.1, 0.15) is 20.8 Å². The van der Waals surface area contributed by atoms with Gasteiger partial charge in [-0.3, -0.25) is 9.69 Å². The van der Waals surface area contributed by atoms with Crippen molar-refractivity contribution >= 4 is 17.7 Å². The van der Waals surface area contributed by atoms with Crippen molar-refractivity contribution in [1.82, 2.24) is 4.90 Å². The molecule has 0 aliphatic carbocycles. The van der Waals surface area contributed by atoms with Crippen molar-refractivity contribution in [2.24, 2.45) is 0 Å². The van der Waals surface area contributed by atoms with Crippen molar-refractivity contribution in [3.63, 3.8) is 0 Å². The molecular formula is C15H19FN2O4. The minimum Gasteiger partial charge on any atom is -0.505 e. The Morgan fingerprint density at radius 1 is 1.32 bits per heavy atom. The highest BCUT2D eigenvalue weighted by Gasteiger charge is 2.31. The molecule has 1 saturated heterocycles. The number of amides is 2. The first kappa shape index (κ1) is 16.1. The lowest BCUT2D eigenvalue weighted by Crippen LogP contribution is -2.53. The van der Waals surface area contributed by atoms with Crippen LogP contribution in [0.25, 0.3) is 0 Å². The summed E-state index contributed by atoms with van der Waals surface area (Å²) in [4.78, 5) is 26.8. The van der Waals surface area contributed by atoms with Crippen LogP contribution >= 0.6 is 0 Å². The molecule has 0 saturated carbocycles. The fourth-order valence-electron chi connectivity index (χ4n) is 2.09. The number of carbonyl (C=O) groups excluding carboxylic acids is 2. The van der Waals surface area contributed by atoms with Gasteiger partial charge in [0.05, 0.1) is 0 Å². The predicted octanol–water partition coefficient (Wildman–Crippen LogP) is 2.12. The molecule has 1 aliphatic rings. The minimum absolute atomic E-state index is 0.128. The number of ether oxygens (including phenoxy) is 1. The Balaban J connectivity index is 2.05. The number of hydrogen-bond donors (Lipinski definition) is 1. The van der Waals surface area contributed by atoms with Crippen molar-refractivity contribution in [1.29, 1.82) is 0 Å². The zero-order valence-electron chi connectivity index (χ0n) is 12.8. The number of anilines is 1. The fraction of sp³-hybridized carbons (Fsp3) is 0.467. The maximum absolute atomic E-state index is 13.4. The molecule has 6 nitrogen and oxygen atoms in total. The Hall–Kier alpha value is -2.31. The van der Waals surface area contributed by atoms with Gasteiger partial charge in [-0.2, -0.15) is 0 Å². The normalized spacial score (nSPS) is 15.9. The largest absolute Gasteiger partial charge is 0.505 e. The van der Waals surface area contributed by atoms with Gasteiger partial charge < -0.3 is 14.7 Å². The number of phenols is 1. The number of aromatic hydroxyl groups is 1. The molecule has 0 aromatic heterocycles. The van der Waals surface area contributed by atoms with Crippen molar-refractivity contribution < 1.29 is 23.8 Å². The van der Waals surface area contributed by atoms with E-state index in [2.05, 4.69) is 0 Å². The average Bonchev–Trinajstić information content (AvgIpc) is 2.40. The molecule has 1 aliphatic heterocycles. The van der Waals surface area contributed by atoms with Crippen molar-refractivity contribution in [3.8, 4) is 5.75 Å². The molecule has 7 heteroatoms. The second kappa shape index (κ2) is 5.82. The quantitative estimate of drug-likeness (QED) is 0.862. The lowest BCUT2D eigenvalue weighted by atomic mass is 10.2. The zero-order valence-corrected chi connectivity index (χ0v) is 12.8. The lowest BCUT2D eigenvalue weighted by molar-refractivity contribution is -0.121. The van der Waals surface area contributed by atoms with Gasteiger partial charge in [-0.15, -0.1) is 0 Å². The van der Waals surface area contributed by atoms with Crippen molar-refractivity contribution in [2.45, 2.75) is 26.4 Å². The van der Waals surface area contributed by atoms with Gasteiger partial charge >= 0.3 is 6.09 Å². The number of rotatable bonds is 1. The molecule has 0 radical (unpaired) electrons. The van der Waals surface area contributed by atoms with E-state index in [1.807, 2.05) is 0 Å². The summed E-state index contributed by atoms with van der Waals surface area (Å²) >= 11 is 0. The molecule has 1 aromatic carbocycles. The average molecular weight is 310 g/mol. The molecule has 0 bridgehead atoms. The van der Waals surface area contributed by atoms with Crippen LogP contribution in [0.4, 0.5) is 14.9 Å². The van der Waals surface area contributed by atoms with Crippen LogP contribution in [-0.4, -0.2) is 47.2 Å². The second-order valence-electron chi connectivity index (χ2n) is 6.08. The van der Waals surface area contributed by atoms with E-state index in [9.17, 15) is 19.1 Å². The Bertz CT molecular complexity index is 598. The van der Waals surface area contributed by atoms with E-state index < -0.39 is 23.3 Å². The van der Waals surface area contributed by atoms with Crippen LogP contribution in [-0.2, 0) is 9.53 Å². The highest BCUT2D eigenvalue weighted by Crippen LogP contribution is 2.24. The van der Waals surface area contributed by atoms with Gasteiger partial charge in [0.15, 0.2) is 11.6 Å². The number of halogens is 1. The summed E-state index contributed by atoms with van der Waals surface area (Å²) in [5.74, 6) is -1.59. The van der Waals surface area contributed by atoms with Crippen LogP contribution in [0.15, 0.2) is 18.2 Å². The molecule has 1 fully saturated rings. The number of nitrogens with zero attached hydrogens (tertiary/aromatic N) is 2. The first-order valence-corrected chi connectivity index (χ1v) is 6.94. The van der Waals surface area contributed by atoms with Gasteiger partial charge in [0.1, 0.15) is 12.1 Å². The SMILES string of the molecule is CC(C)(C)OC(=O)N1CCN(c2ccc(O)c(F)c2)C(=O)C1. The molecule has 2 amide bonds. The summed E-state index contributed by atoms with van der Waals surface area (Å²) in [6.07, 6.45) is -0.544. The zero-order chi connectivity index (χ0) is 16.5. The highest BCUT2D eigenvalue weighted by atomic mass is 19.1. The molecule has 0 atom stereocenters. The Morgan fingerprint density at radius 3 is 2.55 bits per heavy atom. The van der Waals surface area contributed by atoms with E-state index >= 15 is 0 Å². The van der Waals surface area contributed by atoms with Crippen LogP contribution in [0.5, 0.6) is 5.75 Å². The summed E-state index contributed by atoms with van der Waals surface area (Å²) < 4.78 is 18.6. The number of hydrogen-bond acceptors (Lipinski definition) is 4. The summed E-state index contributed by atoms with van der Waals surface area (Å²) in [7, 11) is 0. The molecule has 0 unspecified atom stereocenters. The Morgan fingerprint density at radius 2 is 2.00 bits per heavy atom. The first-order chi connectivity index (χ1) is 10.2. The van der Waals surface area contributed by atoms with E-state index in [1.54, 1.807) is 20.8 Å². The molecule has 1 N–H and O–H groups in total. The Labute approximate surface area is 128 Å². The summed E-state index contributed by atoms with van der Waals surface area (Å²) in [5, 5.41) is 9.18. The van der Waals surface area contributed by atoms with Gasteiger partial charge in [0.25, 0.3) is 0 Å². The summed E-state index contributed by atoms with van der Waals surface area (Å²) in [6.45, 7) is 5.66. The smallest absolute Gasteiger partial charge is 0.410 e. The topological polar surface area (TPSA) is 70.1 Å². The monoisotopic (exact) mass is 310 g/mol. The first-order valence-electron chi connectivity index (χ1n) is 6.94. The van der Waals surface area contributed by atoms with E-state index in [1.165, 1.54) is 21.9 Å². The van der Waals surface area contributed by atoms with Crippen molar-refractivity contribution in [3.05, 3.63) is 24.0 Å². The third kappa shape index (κ3) is 3.66. The Kier molecular flexibility index (Phi) is 4.25. The highest BCUT2D eigenvalue weighted by molar-refractivity contribution is 5.97. The maximum Gasteiger partial charge on any atom is 0.410 e. The predicted molar refractivity (Wildman–Crippen MR) is 78.2 cm³/mol. The van der Waals surface area contributed by atoms with Gasteiger partial charge in [-0.25, -0.2) is 9.18 Å². The number of benzene rings is 1. The van der Waals surface area contributed by atoms with E-state index in [0.29, 0.717) is 12.2 Å². The van der Waals surface area contributed by atoms with Crippen LogP contribution < -0.4 is 4.90 Å². The van der Waals surface area contributed by atoms with E-state index in [-0.39, 0.29) is 19.0 Å². The summed E-state index contributed by atoms with van der Waals surface area (Å²) in [6, 6.07) is 3.74. The van der Waals surface area contributed by atoms with E-state index in [4.69, 9.17) is 4.74 Å². The third-order valence-electron chi connectivity index (χ3n) is 3.12. The maximum atomic E-state index is 13.4. The number of piperazine rings is 1. The fourth-order valence-corrected chi connectivity index (χ4v) is 2.09. The molecular weight excluding hydrogens is 291 g/mol. The van der Waals surface area contributed by atoms with Crippen molar-refractivity contribution in [2.75, 3.05) is 24.5 Å². The number of carbonyl (C=O) groups is 2. The molecule has 0 spiro atoms. The molecule has 2 rings (SSSR count). The molecule has 1 heterocycles. The standard InChI is InChI=1S/C15H19FN2O4/c1-15(2,3)22-14(21)17-6-7-18(13(20)9-17)10-4-5-12(19)11(16)8-10/h4-5,8,19H,6-7,9H2,1-3H3. The van der Waals surface area contributed by atoms with Gasteiger partial charge in [0.2, 0.25) is 5.91 Å². The molecule has 22 heavy (non-hydrogen) atoms. The van der Waals surface area contributed by atoms with Crippen LogP contribution in [0, 0.1) is 5.82 Å². The lowest BCUT2D eigenvalue weighted by Gasteiger charge is -2.35. The summed E-state index contributed by atoms with van der Waals surface area (Å²) in [5.41, 5.74) is -0.277. The third-order valence-corrected chi connectivity index (χ3v) is 3.12. The van der Waals surface area contributed by atoms with Crippen LogP contribution in [0.2, 0.25) is 0 Å². The molecule has 1 aromatic rings. The minimum atomic E-state index is -0.792. The second-order valence-corrected chi connectivity index (χ2v) is 6.08.